The van der Waals surface area contributed by atoms with Crippen LogP contribution in [-0.4, -0.2) is 26.2 Å². The second-order valence-electron chi connectivity index (χ2n) is 5.17. The molecule has 0 bridgehead atoms. The second-order valence-corrected chi connectivity index (χ2v) is 5.17. The highest BCUT2D eigenvalue weighted by Crippen LogP contribution is 2.18. The van der Waals surface area contributed by atoms with Crippen LogP contribution in [0.15, 0.2) is 29.3 Å². The lowest BCUT2D eigenvalue weighted by molar-refractivity contribution is 0.268. The molecule has 0 fully saturated rings. The van der Waals surface area contributed by atoms with Gasteiger partial charge in [-0.1, -0.05) is 39.0 Å². The van der Waals surface area contributed by atoms with E-state index in [2.05, 4.69) is 42.5 Å². The van der Waals surface area contributed by atoms with Crippen LogP contribution in [0.2, 0.25) is 0 Å². The SMILES string of the molecule is CCCNC(=NC)NCc1ccccc1OCC(C)C. The van der Waals surface area contributed by atoms with Crippen LogP contribution in [0.25, 0.3) is 0 Å². The summed E-state index contributed by atoms with van der Waals surface area (Å²) in [6, 6.07) is 8.13. The van der Waals surface area contributed by atoms with E-state index in [1.54, 1.807) is 7.05 Å². The summed E-state index contributed by atoms with van der Waals surface area (Å²) in [6.07, 6.45) is 1.08. The standard InChI is InChI=1S/C16H27N3O/c1-5-10-18-16(17-4)19-11-14-8-6-7-9-15(14)20-12-13(2)3/h6-9,13H,5,10-12H2,1-4H3,(H2,17,18,19). The van der Waals surface area contributed by atoms with E-state index in [-0.39, 0.29) is 0 Å². The van der Waals surface area contributed by atoms with Crippen LogP contribution in [0.5, 0.6) is 5.75 Å². The van der Waals surface area contributed by atoms with Gasteiger partial charge in [0.05, 0.1) is 6.61 Å². The number of hydrogen-bond acceptors (Lipinski definition) is 2. The molecule has 0 aliphatic heterocycles. The Bertz CT molecular complexity index is 416. The Balaban J connectivity index is 2.58. The highest BCUT2D eigenvalue weighted by Gasteiger charge is 2.05. The van der Waals surface area contributed by atoms with E-state index >= 15 is 0 Å². The van der Waals surface area contributed by atoms with Crippen LogP contribution in [0.4, 0.5) is 0 Å². The van der Waals surface area contributed by atoms with Gasteiger partial charge in [-0.25, -0.2) is 0 Å². The maximum absolute atomic E-state index is 5.85. The van der Waals surface area contributed by atoms with Crippen molar-refractivity contribution in [1.29, 1.82) is 0 Å². The first-order valence-electron chi connectivity index (χ1n) is 7.32. The zero-order valence-electron chi connectivity index (χ0n) is 13.1. The molecule has 0 saturated heterocycles. The molecule has 0 aromatic heterocycles. The van der Waals surface area contributed by atoms with Gasteiger partial charge < -0.3 is 15.4 Å². The van der Waals surface area contributed by atoms with Gasteiger partial charge in [-0.05, 0) is 18.4 Å². The summed E-state index contributed by atoms with van der Waals surface area (Å²) < 4.78 is 5.85. The van der Waals surface area contributed by atoms with Crippen molar-refractivity contribution in [3.63, 3.8) is 0 Å². The molecule has 0 radical (unpaired) electrons. The minimum absolute atomic E-state index is 0.523. The van der Waals surface area contributed by atoms with Gasteiger partial charge in [-0.3, -0.25) is 4.99 Å². The molecule has 0 heterocycles. The molecule has 0 spiro atoms. The largest absolute Gasteiger partial charge is 0.493 e. The summed E-state index contributed by atoms with van der Waals surface area (Å²) in [5.41, 5.74) is 1.15. The Morgan fingerprint density at radius 2 is 2.00 bits per heavy atom. The van der Waals surface area contributed by atoms with Crippen LogP contribution in [-0.2, 0) is 6.54 Å². The highest BCUT2D eigenvalue weighted by molar-refractivity contribution is 5.79. The van der Waals surface area contributed by atoms with Gasteiger partial charge in [0.1, 0.15) is 5.75 Å². The van der Waals surface area contributed by atoms with E-state index in [0.717, 1.165) is 36.8 Å². The number of guanidine groups is 1. The zero-order chi connectivity index (χ0) is 14.8. The Morgan fingerprint density at radius 1 is 1.25 bits per heavy atom. The smallest absolute Gasteiger partial charge is 0.191 e. The Labute approximate surface area is 122 Å². The van der Waals surface area contributed by atoms with Crippen molar-refractivity contribution in [3.05, 3.63) is 29.8 Å². The van der Waals surface area contributed by atoms with Crippen LogP contribution < -0.4 is 15.4 Å². The molecule has 0 aliphatic carbocycles. The van der Waals surface area contributed by atoms with E-state index in [9.17, 15) is 0 Å². The predicted octanol–water partition coefficient (Wildman–Crippen LogP) is 2.80. The van der Waals surface area contributed by atoms with Crippen LogP contribution in [0.3, 0.4) is 0 Å². The fourth-order valence-corrected chi connectivity index (χ4v) is 1.69. The van der Waals surface area contributed by atoms with Gasteiger partial charge in [-0.2, -0.15) is 0 Å². The molecule has 1 aromatic carbocycles. The first-order valence-corrected chi connectivity index (χ1v) is 7.32. The number of nitrogens with zero attached hydrogens (tertiary/aromatic N) is 1. The molecular weight excluding hydrogens is 250 g/mol. The molecule has 1 aromatic rings. The lowest BCUT2D eigenvalue weighted by Crippen LogP contribution is -2.37. The molecule has 0 atom stereocenters. The van der Waals surface area contributed by atoms with E-state index in [1.165, 1.54) is 0 Å². The quantitative estimate of drug-likeness (QED) is 0.595. The van der Waals surface area contributed by atoms with E-state index in [1.807, 2.05) is 18.2 Å². The summed E-state index contributed by atoms with van der Waals surface area (Å²) in [5, 5.41) is 6.56. The number of ether oxygens (including phenoxy) is 1. The number of para-hydroxylation sites is 1. The summed E-state index contributed by atoms with van der Waals surface area (Å²) in [6.45, 7) is 8.80. The molecule has 4 heteroatoms. The molecule has 2 N–H and O–H groups in total. The van der Waals surface area contributed by atoms with Gasteiger partial charge in [-0.15, -0.1) is 0 Å². The molecule has 4 nitrogen and oxygen atoms in total. The number of hydrogen-bond donors (Lipinski definition) is 2. The third kappa shape index (κ3) is 5.95. The normalized spacial score (nSPS) is 11.6. The third-order valence-corrected chi connectivity index (χ3v) is 2.76. The molecule has 0 unspecified atom stereocenters. The molecule has 112 valence electrons. The summed E-state index contributed by atoms with van der Waals surface area (Å²) >= 11 is 0. The Hall–Kier alpha value is -1.71. The topological polar surface area (TPSA) is 45.7 Å². The Morgan fingerprint density at radius 3 is 2.65 bits per heavy atom. The van der Waals surface area contributed by atoms with Crippen molar-refractivity contribution >= 4 is 5.96 Å². The van der Waals surface area contributed by atoms with Crippen LogP contribution >= 0.6 is 0 Å². The van der Waals surface area contributed by atoms with Crippen LogP contribution in [0.1, 0.15) is 32.8 Å². The van der Waals surface area contributed by atoms with Gasteiger partial charge in [0.15, 0.2) is 5.96 Å². The van der Waals surface area contributed by atoms with E-state index in [4.69, 9.17) is 4.74 Å². The number of aliphatic imine (C=N–C) groups is 1. The van der Waals surface area contributed by atoms with E-state index in [0.29, 0.717) is 12.5 Å². The lowest BCUT2D eigenvalue weighted by Gasteiger charge is -2.15. The first-order chi connectivity index (χ1) is 9.67. The number of benzene rings is 1. The maximum atomic E-state index is 5.85. The van der Waals surface area contributed by atoms with Crippen molar-refractivity contribution in [3.8, 4) is 5.75 Å². The maximum Gasteiger partial charge on any atom is 0.191 e. The van der Waals surface area contributed by atoms with Gasteiger partial charge in [0.2, 0.25) is 0 Å². The number of nitrogens with one attached hydrogen (secondary N) is 2. The molecule has 0 aliphatic rings. The van der Waals surface area contributed by atoms with Gasteiger partial charge >= 0.3 is 0 Å². The summed E-state index contributed by atoms with van der Waals surface area (Å²) in [7, 11) is 1.78. The molecule has 0 saturated carbocycles. The molecule has 20 heavy (non-hydrogen) atoms. The monoisotopic (exact) mass is 277 g/mol. The second kappa shape index (κ2) is 9.23. The van der Waals surface area contributed by atoms with Crippen molar-refractivity contribution < 1.29 is 4.74 Å². The average Bonchev–Trinajstić information content (AvgIpc) is 2.46. The Kier molecular flexibility index (Phi) is 7.55. The van der Waals surface area contributed by atoms with Crippen molar-refractivity contribution in [2.45, 2.75) is 33.7 Å². The molecule has 0 amide bonds. The first kappa shape index (κ1) is 16.3. The van der Waals surface area contributed by atoms with E-state index < -0.39 is 0 Å². The minimum atomic E-state index is 0.523. The van der Waals surface area contributed by atoms with Crippen molar-refractivity contribution in [2.24, 2.45) is 10.9 Å². The minimum Gasteiger partial charge on any atom is -0.493 e. The summed E-state index contributed by atoms with van der Waals surface area (Å²) in [4.78, 5) is 4.20. The fourth-order valence-electron chi connectivity index (χ4n) is 1.69. The van der Waals surface area contributed by atoms with Crippen molar-refractivity contribution in [1.82, 2.24) is 10.6 Å². The average molecular weight is 277 g/mol. The predicted molar refractivity (Wildman–Crippen MR) is 85.3 cm³/mol. The van der Waals surface area contributed by atoms with Crippen LogP contribution in [0, 0.1) is 5.92 Å². The summed E-state index contributed by atoms with van der Waals surface area (Å²) in [5.74, 6) is 2.29. The molecule has 1 rings (SSSR count). The molecular formula is C16H27N3O. The highest BCUT2D eigenvalue weighted by atomic mass is 16.5. The van der Waals surface area contributed by atoms with Crippen molar-refractivity contribution in [2.75, 3.05) is 20.2 Å². The lowest BCUT2D eigenvalue weighted by atomic mass is 10.2. The zero-order valence-corrected chi connectivity index (χ0v) is 13.1. The number of rotatable bonds is 7. The van der Waals surface area contributed by atoms with Gasteiger partial charge in [0.25, 0.3) is 0 Å². The van der Waals surface area contributed by atoms with Gasteiger partial charge in [0, 0.05) is 25.7 Å². The fraction of sp³-hybridized carbons (Fsp3) is 0.562. The third-order valence-electron chi connectivity index (χ3n) is 2.76.